The van der Waals surface area contributed by atoms with Crippen LogP contribution in [0.15, 0.2) is 28.9 Å². The summed E-state index contributed by atoms with van der Waals surface area (Å²) in [6.45, 7) is 4.52. The van der Waals surface area contributed by atoms with Crippen LogP contribution in [-0.2, 0) is 11.3 Å². The lowest BCUT2D eigenvalue weighted by atomic mass is 9.97. The molecule has 0 N–H and O–H groups in total. The molecule has 1 aliphatic heterocycles. The molecule has 2 atom stereocenters. The first-order valence-corrected chi connectivity index (χ1v) is 8.85. The molecule has 1 amide bonds. The lowest BCUT2D eigenvalue weighted by Crippen LogP contribution is -2.48. The van der Waals surface area contributed by atoms with Crippen molar-refractivity contribution in [1.82, 2.24) is 9.47 Å². The van der Waals surface area contributed by atoms with E-state index in [1.807, 2.05) is 27.7 Å². The van der Waals surface area contributed by atoms with Gasteiger partial charge in [0.2, 0.25) is 5.91 Å². The van der Waals surface area contributed by atoms with Crippen LogP contribution in [0.3, 0.4) is 0 Å². The van der Waals surface area contributed by atoms with Crippen LogP contribution in [0.25, 0.3) is 10.9 Å². The number of carbonyl (C=O) groups excluding carboxylic acids is 2. The minimum atomic E-state index is 0.127. The number of rotatable bonds is 3. The summed E-state index contributed by atoms with van der Waals surface area (Å²) < 4.78 is 2.82. The van der Waals surface area contributed by atoms with Gasteiger partial charge in [-0.05, 0) is 51.3 Å². The topological polar surface area (TPSA) is 42.3 Å². The van der Waals surface area contributed by atoms with Gasteiger partial charge in [0.25, 0.3) is 0 Å². The molecule has 0 bridgehead atoms. The zero-order chi connectivity index (χ0) is 16.6. The first-order valence-electron chi connectivity index (χ1n) is 8.06. The molecule has 23 heavy (non-hydrogen) atoms. The number of hydrogen-bond acceptors (Lipinski definition) is 2. The van der Waals surface area contributed by atoms with Crippen molar-refractivity contribution in [2.45, 2.75) is 51.7 Å². The van der Waals surface area contributed by atoms with Crippen molar-refractivity contribution < 1.29 is 9.59 Å². The highest BCUT2D eigenvalue weighted by molar-refractivity contribution is 9.10. The van der Waals surface area contributed by atoms with E-state index in [1.54, 1.807) is 6.20 Å². The fraction of sp³-hybridized carbons (Fsp3) is 0.444. The maximum Gasteiger partial charge on any atom is 0.242 e. The number of aromatic nitrogens is 1. The number of halogens is 1. The Labute approximate surface area is 144 Å². The lowest BCUT2D eigenvalue weighted by molar-refractivity contribution is -0.137. The molecule has 0 radical (unpaired) electrons. The molecule has 2 heterocycles. The van der Waals surface area contributed by atoms with Gasteiger partial charge in [-0.15, -0.1) is 0 Å². The minimum Gasteiger partial charge on any atom is -0.337 e. The standard InChI is InChI=1S/C18H21BrN2O2/c1-12-4-3-5-13(2)21(12)18(23)10-20-9-14(11-22)16-8-15(19)6-7-17(16)20/h6-9,11-13H,3-5,10H2,1-2H3/t12-,13-/m0/s1. The smallest absolute Gasteiger partial charge is 0.242 e. The lowest BCUT2D eigenvalue weighted by Gasteiger charge is -2.39. The first kappa shape index (κ1) is 16.2. The molecule has 0 spiro atoms. The van der Waals surface area contributed by atoms with Crippen LogP contribution in [0.5, 0.6) is 0 Å². The van der Waals surface area contributed by atoms with Crippen molar-refractivity contribution >= 4 is 39.0 Å². The molecular weight excluding hydrogens is 356 g/mol. The summed E-state index contributed by atoms with van der Waals surface area (Å²) in [5, 5.41) is 0.877. The summed E-state index contributed by atoms with van der Waals surface area (Å²) in [5.74, 6) is 0.127. The van der Waals surface area contributed by atoms with Crippen molar-refractivity contribution in [3.8, 4) is 0 Å². The number of carbonyl (C=O) groups is 2. The first-order chi connectivity index (χ1) is 11.0. The Morgan fingerprint density at radius 2 is 2.00 bits per heavy atom. The van der Waals surface area contributed by atoms with E-state index in [4.69, 9.17) is 0 Å². The van der Waals surface area contributed by atoms with Gasteiger partial charge in [0, 0.05) is 39.2 Å². The number of benzene rings is 1. The Morgan fingerprint density at radius 3 is 2.65 bits per heavy atom. The Morgan fingerprint density at radius 1 is 1.30 bits per heavy atom. The van der Waals surface area contributed by atoms with Crippen LogP contribution >= 0.6 is 15.9 Å². The number of nitrogens with zero attached hydrogens (tertiary/aromatic N) is 2. The van der Waals surface area contributed by atoms with Crippen molar-refractivity contribution in [1.29, 1.82) is 0 Å². The van der Waals surface area contributed by atoms with Gasteiger partial charge in [-0.25, -0.2) is 0 Å². The van der Waals surface area contributed by atoms with E-state index >= 15 is 0 Å². The number of likely N-dealkylation sites (tertiary alicyclic amines) is 1. The molecule has 122 valence electrons. The molecule has 0 aliphatic carbocycles. The van der Waals surface area contributed by atoms with Gasteiger partial charge in [-0.3, -0.25) is 9.59 Å². The van der Waals surface area contributed by atoms with E-state index in [2.05, 4.69) is 29.8 Å². The van der Waals surface area contributed by atoms with E-state index in [9.17, 15) is 9.59 Å². The monoisotopic (exact) mass is 376 g/mol. The van der Waals surface area contributed by atoms with Gasteiger partial charge >= 0.3 is 0 Å². The van der Waals surface area contributed by atoms with Crippen LogP contribution in [0.4, 0.5) is 0 Å². The van der Waals surface area contributed by atoms with Gasteiger partial charge in [0.05, 0.1) is 0 Å². The van der Waals surface area contributed by atoms with E-state index in [0.29, 0.717) is 5.56 Å². The van der Waals surface area contributed by atoms with Crippen molar-refractivity contribution in [2.75, 3.05) is 0 Å². The second-order valence-electron chi connectivity index (χ2n) is 6.42. The molecule has 2 aromatic rings. The highest BCUT2D eigenvalue weighted by Crippen LogP contribution is 2.26. The third-order valence-corrected chi connectivity index (χ3v) is 5.28. The fourth-order valence-corrected chi connectivity index (χ4v) is 4.02. The summed E-state index contributed by atoms with van der Waals surface area (Å²) in [5.41, 5.74) is 1.54. The maximum absolute atomic E-state index is 12.8. The molecular formula is C18H21BrN2O2. The third kappa shape index (κ3) is 3.07. The predicted octanol–water partition coefficient (Wildman–Crippen LogP) is 4.01. The number of amides is 1. The van der Waals surface area contributed by atoms with E-state index in [0.717, 1.165) is 34.5 Å². The van der Waals surface area contributed by atoms with Crippen LogP contribution in [0.1, 0.15) is 43.5 Å². The minimum absolute atomic E-state index is 0.127. The zero-order valence-electron chi connectivity index (χ0n) is 13.5. The molecule has 0 unspecified atom stereocenters. The van der Waals surface area contributed by atoms with E-state index in [1.165, 1.54) is 6.42 Å². The van der Waals surface area contributed by atoms with Crippen LogP contribution in [-0.4, -0.2) is 33.7 Å². The van der Waals surface area contributed by atoms with E-state index in [-0.39, 0.29) is 24.5 Å². The third-order valence-electron chi connectivity index (χ3n) is 4.79. The number of aldehydes is 1. The maximum atomic E-state index is 12.8. The predicted molar refractivity (Wildman–Crippen MR) is 94.6 cm³/mol. The summed E-state index contributed by atoms with van der Waals surface area (Å²) in [7, 11) is 0. The Bertz CT molecular complexity index is 743. The highest BCUT2D eigenvalue weighted by atomic mass is 79.9. The molecule has 1 aromatic heterocycles. The molecule has 1 saturated heterocycles. The fourth-order valence-electron chi connectivity index (χ4n) is 3.66. The summed E-state index contributed by atoms with van der Waals surface area (Å²) in [4.78, 5) is 26.1. The molecule has 0 saturated carbocycles. The van der Waals surface area contributed by atoms with Gasteiger partial charge in [-0.1, -0.05) is 15.9 Å². The van der Waals surface area contributed by atoms with Gasteiger partial charge in [-0.2, -0.15) is 0 Å². The summed E-state index contributed by atoms with van der Waals surface area (Å²) in [6.07, 6.45) is 5.94. The average Bonchev–Trinajstić information content (AvgIpc) is 2.84. The van der Waals surface area contributed by atoms with E-state index < -0.39 is 0 Å². The Kier molecular flexibility index (Phi) is 4.57. The molecule has 5 heteroatoms. The molecule has 1 fully saturated rings. The molecule has 1 aromatic carbocycles. The molecule has 1 aliphatic rings. The molecule has 3 rings (SSSR count). The van der Waals surface area contributed by atoms with Crippen LogP contribution in [0.2, 0.25) is 0 Å². The van der Waals surface area contributed by atoms with Crippen molar-refractivity contribution in [3.63, 3.8) is 0 Å². The van der Waals surface area contributed by atoms with Crippen molar-refractivity contribution in [3.05, 3.63) is 34.4 Å². The van der Waals surface area contributed by atoms with Crippen LogP contribution < -0.4 is 0 Å². The second kappa shape index (κ2) is 6.48. The van der Waals surface area contributed by atoms with Gasteiger partial charge in [0.15, 0.2) is 6.29 Å². The average molecular weight is 377 g/mol. The number of piperidine rings is 1. The second-order valence-corrected chi connectivity index (χ2v) is 7.34. The largest absolute Gasteiger partial charge is 0.337 e. The Balaban J connectivity index is 1.92. The summed E-state index contributed by atoms with van der Waals surface area (Å²) in [6, 6.07) is 6.37. The quantitative estimate of drug-likeness (QED) is 0.759. The van der Waals surface area contributed by atoms with Gasteiger partial charge in [0.1, 0.15) is 6.54 Å². The van der Waals surface area contributed by atoms with Gasteiger partial charge < -0.3 is 9.47 Å². The summed E-state index contributed by atoms with van der Waals surface area (Å²) >= 11 is 3.43. The molecule has 4 nitrogen and oxygen atoms in total. The highest BCUT2D eigenvalue weighted by Gasteiger charge is 2.29. The SMILES string of the molecule is C[C@H]1CCC[C@H](C)N1C(=O)Cn1cc(C=O)c2cc(Br)ccc21. The number of hydrogen-bond donors (Lipinski definition) is 0. The Hall–Kier alpha value is -1.62. The normalized spacial score (nSPS) is 21.6. The number of fused-ring (bicyclic) bond motifs is 1. The van der Waals surface area contributed by atoms with Crippen LogP contribution in [0, 0.1) is 0 Å². The van der Waals surface area contributed by atoms with Crippen molar-refractivity contribution in [2.24, 2.45) is 0 Å². The zero-order valence-corrected chi connectivity index (χ0v) is 15.0.